The summed E-state index contributed by atoms with van der Waals surface area (Å²) in [7, 11) is 0. The number of amides is 2. The molecule has 26 heavy (non-hydrogen) atoms. The summed E-state index contributed by atoms with van der Waals surface area (Å²) >= 11 is 6.08. The van der Waals surface area contributed by atoms with Crippen molar-refractivity contribution in [3.8, 4) is 0 Å². The van der Waals surface area contributed by atoms with Gasteiger partial charge in [-0.1, -0.05) is 36.7 Å². The molecule has 3 N–H and O–H groups in total. The number of anilines is 3. The number of halogens is 1. The molecule has 0 aliphatic heterocycles. The van der Waals surface area contributed by atoms with Crippen LogP contribution in [0, 0.1) is 6.92 Å². The van der Waals surface area contributed by atoms with Crippen molar-refractivity contribution in [2.24, 2.45) is 0 Å². The average Bonchev–Trinajstić information content (AvgIpc) is 2.60. The molecule has 5 nitrogen and oxygen atoms in total. The zero-order valence-corrected chi connectivity index (χ0v) is 16.0. The molecule has 6 heteroatoms. The van der Waals surface area contributed by atoms with Crippen LogP contribution in [0.1, 0.15) is 32.3 Å². The van der Waals surface area contributed by atoms with Crippen LogP contribution in [0.5, 0.6) is 0 Å². The minimum Gasteiger partial charge on any atom is -0.374 e. The van der Waals surface area contributed by atoms with Crippen LogP contribution < -0.4 is 16.0 Å². The molecule has 0 heterocycles. The highest BCUT2D eigenvalue weighted by Gasteiger charge is 2.16. The number of benzene rings is 2. The van der Waals surface area contributed by atoms with Crippen LogP contribution in [0.4, 0.5) is 17.1 Å². The minimum atomic E-state index is -0.480. The van der Waals surface area contributed by atoms with E-state index in [9.17, 15) is 9.59 Å². The van der Waals surface area contributed by atoms with Crippen molar-refractivity contribution in [3.05, 3.63) is 53.1 Å². The molecule has 0 aliphatic carbocycles. The van der Waals surface area contributed by atoms with Crippen LogP contribution in [-0.4, -0.2) is 17.9 Å². The second-order valence-corrected chi connectivity index (χ2v) is 6.52. The van der Waals surface area contributed by atoms with E-state index in [1.807, 2.05) is 38.1 Å². The van der Waals surface area contributed by atoms with Gasteiger partial charge in [-0.05, 0) is 50.1 Å². The van der Waals surface area contributed by atoms with Gasteiger partial charge < -0.3 is 16.0 Å². The maximum absolute atomic E-state index is 12.4. The van der Waals surface area contributed by atoms with Crippen LogP contribution in [0.25, 0.3) is 0 Å². The van der Waals surface area contributed by atoms with Gasteiger partial charge in [0.15, 0.2) is 0 Å². The lowest BCUT2D eigenvalue weighted by atomic mass is 10.1. The Hall–Kier alpha value is -2.53. The maximum atomic E-state index is 12.4. The van der Waals surface area contributed by atoms with Crippen LogP contribution >= 0.6 is 11.6 Å². The van der Waals surface area contributed by atoms with Crippen LogP contribution in [0.15, 0.2) is 42.5 Å². The molecule has 0 fully saturated rings. The van der Waals surface area contributed by atoms with Gasteiger partial charge in [-0.25, -0.2) is 0 Å². The van der Waals surface area contributed by atoms with E-state index in [4.69, 9.17) is 11.6 Å². The lowest BCUT2D eigenvalue weighted by Gasteiger charge is -2.19. The fourth-order valence-corrected chi connectivity index (χ4v) is 2.65. The van der Waals surface area contributed by atoms with Crippen molar-refractivity contribution in [1.29, 1.82) is 0 Å². The van der Waals surface area contributed by atoms with Gasteiger partial charge in [-0.2, -0.15) is 0 Å². The van der Waals surface area contributed by atoms with Crippen molar-refractivity contribution in [2.45, 2.75) is 39.7 Å². The molecule has 138 valence electrons. The molecule has 2 aromatic carbocycles. The summed E-state index contributed by atoms with van der Waals surface area (Å²) in [6.07, 6.45) is 1.27. The van der Waals surface area contributed by atoms with Crippen LogP contribution in [0.3, 0.4) is 0 Å². The van der Waals surface area contributed by atoms with Crippen molar-refractivity contribution in [1.82, 2.24) is 0 Å². The molecule has 0 saturated heterocycles. The van der Waals surface area contributed by atoms with E-state index in [1.54, 1.807) is 25.1 Å². The first-order valence-corrected chi connectivity index (χ1v) is 9.01. The number of hydrogen-bond acceptors (Lipinski definition) is 3. The summed E-state index contributed by atoms with van der Waals surface area (Å²) in [5, 5.41) is 9.39. The Morgan fingerprint density at radius 2 is 1.65 bits per heavy atom. The zero-order chi connectivity index (χ0) is 19.1. The first-order chi connectivity index (χ1) is 12.4. The third-order valence-electron chi connectivity index (χ3n) is 3.98. The quantitative estimate of drug-likeness (QED) is 0.651. The van der Waals surface area contributed by atoms with Crippen LogP contribution in [-0.2, 0) is 9.59 Å². The first-order valence-electron chi connectivity index (χ1n) is 8.63. The molecule has 0 spiro atoms. The standard InChI is InChI=1S/C20H24ClN3O2/c1-4-8-19(25)23-17-12-7-11-16(13(17)2)22-14(3)20(26)24-18-10-6-5-9-15(18)21/h5-7,9-12,14,22H,4,8H2,1-3H3,(H,23,25)(H,24,26). The lowest BCUT2D eigenvalue weighted by Crippen LogP contribution is -2.32. The topological polar surface area (TPSA) is 70.2 Å². The van der Waals surface area contributed by atoms with Gasteiger partial charge in [-0.3, -0.25) is 9.59 Å². The lowest BCUT2D eigenvalue weighted by molar-refractivity contribution is -0.117. The smallest absolute Gasteiger partial charge is 0.246 e. The van der Waals surface area contributed by atoms with E-state index in [0.717, 1.165) is 23.4 Å². The number of hydrogen-bond donors (Lipinski definition) is 3. The Kier molecular flexibility index (Phi) is 7.04. The second kappa shape index (κ2) is 9.25. The predicted molar refractivity (Wildman–Crippen MR) is 108 cm³/mol. The van der Waals surface area contributed by atoms with Gasteiger partial charge in [0, 0.05) is 17.8 Å². The Balaban J connectivity index is 2.06. The summed E-state index contributed by atoms with van der Waals surface area (Å²) in [5.41, 5.74) is 2.99. The van der Waals surface area contributed by atoms with Gasteiger partial charge in [0.05, 0.1) is 10.7 Å². The molecule has 2 amide bonds. The molecule has 1 unspecified atom stereocenters. The molecule has 0 saturated carbocycles. The van der Waals surface area contributed by atoms with Crippen molar-refractivity contribution >= 4 is 40.5 Å². The summed E-state index contributed by atoms with van der Waals surface area (Å²) < 4.78 is 0. The van der Waals surface area contributed by atoms with Gasteiger partial charge >= 0.3 is 0 Å². The van der Waals surface area contributed by atoms with Gasteiger partial charge in [0.25, 0.3) is 0 Å². The van der Waals surface area contributed by atoms with Gasteiger partial charge in [0.1, 0.15) is 6.04 Å². The number of carbonyl (C=O) groups is 2. The Morgan fingerprint density at radius 3 is 2.35 bits per heavy atom. The third kappa shape index (κ3) is 5.23. The highest BCUT2D eigenvalue weighted by atomic mass is 35.5. The van der Waals surface area contributed by atoms with E-state index < -0.39 is 6.04 Å². The number of rotatable bonds is 7. The molecule has 0 radical (unpaired) electrons. The fraction of sp³-hybridized carbons (Fsp3) is 0.300. The highest BCUT2D eigenvalue weighted by Crippen LogP contribution is 2.25. The molecule has 2 aromatic rings. The molecule has 0 aliphatic rings. The van der Waals surface area contributed by atoms with Crippen molar-refractivity contribution in [3.63, 3.8) is 0 Å². The fourth-order valence-electron chi connectivity index (χ4n) is 2.47. The minimum absolute atomic E-state index is 0.0164. The van der Waals surface area contributed by atoms with E-state index in [2.05, 4.69) is 16.0 Å². The Morgan fingerprint density at radius 1 is 1.00 bits per heavy atom. The van der Waals surface area contributed by atoms with Gasteiger partial charge in [0.2, 0.25) is 11.8 Å². The molecule has 0 aromatic heterocycles. The highest BCUT2D eigenvalue weighted by molar-refractivity contribution is 6.33. The van der Waals surface area contributed by atoms with E-state index in [0.29, 0.717) is 17.1 Å². The summed E-state index contributed by atoms with van der Waals surface area (Å²) in [5.74, 6) is -0.213. The largest absolute Gasteiger partial charge is 0.374 e. The molecular formula is C20H24ClN3O2. The molecule has 2 rings (SSSR count). The average molecular weight is 374 g/mol. The molecule has 1 atom stereocenters. The van der Waals surface area contributed by atoms with E-state index in [1.165, 1.54) is 0 Å². The summed E-state index contributed by atoms with van der Waals surface area (Å²) in [4.78, 5) is 24.3. The van der Waals surface area contributed by atoms with Crippen molar-refractivity contribution < 1.29 is 9.59 Å². The predicted octanol–water partition coefficient (Wildman–Crippen LogP) is 4.83. The number of para-hydroxylation sites is 1. The SMILES string of the molecule is CCCC(=O)Nc1cccc(NC(C)C(=O)Nc2ccccc2Cl)c1C. The molecule has 0 bridgehead atoms. The molecular weight excluding hydrogens is 350 g/mol. The van der Waals surface area contributed by atoms with Crippen molar-refractivity contribution in [2.75, 3.05) is 16.0 Å². The Labute approximate surface area is 159 Å². The van der Waals surface area contributed by atoms with E-state index >= 15 is 0 Å². The van der Waals surface area contributed by atoms with E-state index in [-0.39, 0.29) is 11.8 Å². The summed E-state index contributed by atoms with van der Waals surface area (Å²) in [6.45, 7) is 5.64. The number of nitrogens with one attached hydrogen (secondary N) is 3. The summed E-state index contributed by atoms with van der Waals surface area (Å²) in [6, 6.07) is 12.2. The monoisotopic (exact) mass is 373 g/mol. The Bertz CT molecular complexity index is 792. The maximum Gasteiger partial charge on any atom is 0.246 e. The van der Waals surface area contributed by atoms with Crippen LogP contribution in [0.2, 0.25) is 5.02 Å². The normalized spacial score (nSPS) is 11.5. The first kappa shape index (κ1) is 19.8. The third-order valence-corrected chi connectivity index (χ3v) is 4.31. The zero-order valence-electron chi connectivity index (χ0n) is 15.2. The second-order valence-electron chi connectivity index (χ2n) is 6.11. The van der Waals surface area contributed by atoms with Gasteiger partial charge in [-0.15, -0.1) is 0 Å². The number of carbonyl (C=O) groups excluding carboxylic acids is 2.